The lowest BCUT2D eigenvalue weighted by atomic mass is 9.97. The van der Waals surface area contributed by atoms with Crippen molar-refractivity contribution in [1.29, 1.82) is 0 Å². The smallest absolute Gasteiger partial charge is 0.230 e. The molecule has 1 aromatic carbocycles. The zero-order valence-corrected chi connectivity index (χ0v) is 17.9. The maximum atomic E-state index is 12.6. The molecule has 1 amide bonds. The van der Waals surface area contributed by atoms with E-state index in [9.17, 15) is 4.79 Å². The highest BCUT2D eigenvalue weighted by Gasteiger charge is 2.19. The molecule has 0 spiro atoms. The summed E-state index contributed by atoms with van der Waals surface area (Å²) >= 11 is 1.43. The molecule has 2 heterocycles. The molecule has 4 rings (SSSR count). The zero-order valence-electron chi connectivity index (χ0n) is 17.0. The van der Waals surface area contributed by atoms with Gasteiger partial charge in [0.2, 0.25) is 5.91 Å². The first kappa shape index (κ1) is 20.6. The van der Waals surface area contributed by atoms with Gasteiger partial charge in [-0.15, -0.1) is 10.2 Å². The number of nitrogens with one attached hydrogen (secondary N) is 1. The van der Waals surface area contributed by atoms with Gasteiger partial charge >= 0.3 is 0 Å². The number of hydrogen-bond donors (Lipinski definition) is 1. The first-order chi connectivity index (χ1) is 14.8. The van der Waals surface area contributed by atoms with E-state index < -0.39 is 0 Å². The lowest BCUT2D eigenvalue weighted by molar-refractivity contribution is -0.119. The number of amides is 1. The number of carbonyl (C=O) groups is 1. The Balaban J connectivity index is 1.48. The normalized spacial score (nSPS) is 15.3. The maximum Gasteiger partial charge on any atom is 0.230 e. The van der Waals surface area contributed by atoms with E-state index in [0.717, 1.165) is 29.9 Å². The van der Waals surface area contributed by atoms with E-state index in [1.165, 1.54) is 43.9 Å². The van der Waals surface area contributed by atoms with E-state index in [-0.39, 0.29) is 5.91 Å². The second-order valence-corrected chi connectivity index (χ2v) is 8.55. The summed E-state index contributed by atoms with van der Waals surface area (Å²) in [6.45, 7) is 0. The molecule has 0 atom stereocenters. The molecule has 0 radical (unpaired) electrons. The van der Waals surface area contributed by atoms with Gasteiger partial charge in [0.15, 0.2) is 11.0 Å². The molecule has 6 nitrogen and oxygen atoms in total. The first-order valence-corrected chi connectivity index (χ1v) is 11.6. The zero-order chi connectivity index (χ0) is 20.6. The van der Waals surface area contributed by atoms with Crippen molar-refractivity contribution in [3.8, 4) is 17.1 Å². The van der Waals surface area contributed by atoms with Crippen LogP contribution in [0.5, 0.6) is 0 Å². The van der Waals surface area contributed by atoms with E-state index in [4.69, 9.17) is 0 Å². The highest BCUT2D eigenvalue weighted by Crippen LogP contribution is 2.27. The molecule has 2 aromatic heterocycles. The number of para-hydroxylation sites is 1. The third-order valence-corrected chi connectivity index (χ3v) is 6.32. The fourth-order valence-electron chi connectivity index (χ4n) is 3.86. The molecule has 1 aliphatic rings. The Morgan fingerprint density at radius 3 is 2.40 bits per heavy atom. The van der Waals surface area contributed by atoms with Crippen LogP contribution in [-0.4, -0.2) is 37.5 Å². The van der Waals surface area contributed by atoms with Crippen LogP contribution in [0.4, 0.5) is 0 Å². The van der Waals surface area contributed by atoms with Crippen LogP contribution in [0.3, 0.4) is 0 Å². The molecule has 1 N–H and O–H groups in total. The molecule has 7 heteroatoms. The fraction of sp³-hybridized carbons (Fsp3) is 0.391. The van der Waals surface area contributed by atoms with Crippen molar-refractivity contribution in [2.75, 3.05) is 5.75 Å². The van der Waals surface area contributed by atoms with Crippen LogP contribution >= 0.6 is 11.8 Å². The molecular formula is C23H27N5OS. The van der Waals surface area contributed by atoms with Crippen molar-refractivity contribution >= 4 is 17.7 Å². The van der Waals surface area contributed by atoms with Gasteiger partial charge < -0.3 is 5.32 Å². The summed E-state index contributed by atoms with van der Waals surface area (Å²) < 4.78 is 2.00. The fourth-order valence-corrected chi connectivity index (χ4v) is 4.62. The van der Waals surface area contributed by atoms with Crippen LogP contribution in [0.1, 0.15) is 44.9 Å². The molecule has 0 aliphatic heterocycles. The lowest BCUT2D eigenvalue weighted by Crippen LogP contribution is -2.36. The van der Waals surface area contributed by atoms with Gasteiger partial charge in [0.1, 0.15) is 0 Å². The van der Waals surface area contributed by atoms with Gasteiger partial charge in [-0.25, -0.2) is 0 Å². The second kappa shape index (κ2) is 10.4. The molecule has 1 fully saturated rings. The van der Waals surface area contributed by atoms with Crippen molar-refractivity contribution in [1.82, 2.24) is 25.1 Å². The van der Waals surface area contributed by atoms with E-state index >= 15 is 0 Å². The van der Waals surface area contributed by atoms with E-state index in [2.05, 4.69) is 20.5 Å². The monoisotopic (exact) mass is 421 g/mol. The highest BCUT2D eigenvalue weighted by molar-refractivity contribution is 7.99. The third kappa shape index (κ3) is 5.27. The number of carbonyl (C=O) groups excluding carboxylic acids is 1. The van der Waals surface area contributed by atoms with Gasteiger partial charge in [-0.1, -0.05) is 62.1 Å². The minimum atomic E-state index is 0.0682. The number of pyridine rings is 1. The number of thioether (sulfide) groups is 1. The largest absolute Gasteiger partial charge is 0.353 e. The molecule has 0 bridgehead atoms. The van der Waals surface area contributed by atoms with Gasteiger partial charge in [0.05, 0.1) is 5.75 Å². The van der Waals surface area contributed by atoms with Crippen molar-refractivity contribution in [2.24, 2.45) is 0 Å². The van der Waals surface area contributed by atoms with Crippen molar-refractivity contribution in [3.63, 3.8) is 0 Å². The Labute approximate surface area is 181 Å². The Morgan fingerprint density at radius 1 is 0.967 bits per heavy atom. The van der Waals surface area contributed by atoms with Gasteiger partial charge in [0, 0.05) is 29.7 Å². The maximum absolute atomic E-state index is 12.6. The minimum Gasteiger partial charge on any atom is -0.353 e. The molecule has 0 saturated heterocycles. The third-order valence-electron chi connectivity index (χ3n) is 5.39. The average molecular weight is 422 g/mol. The Kier molecular flexibility index (Phi) is 7.13. The molecule has 0 unspecified atom stereocenters. The number of rotatable bonds is 6. The minimum absolute atomic E-state index is 0.0682. The highest BCUT2D eigenvalue weighted by atomic mass is 32.2. The van der Waals surface area contributed by atoms with Gasteiger partial charge in [-0.05, 0) is 37.1 Å². The SMILES string of the molecule is O=C(CSc1nnc(-c2ccncc2)n1-c1ccccc1)NC1CCCCCCC1. The standard InChI is InChI=1S/C23H27N5OS/c29-21(25-19-9-5-2-1-3-6-10-19)17-30-23-27-26-22(18-13-15-24-16-14-18)28(23)20-11-7-4-8-12-20/h4,7-8,11-16,19H,1-3,5-6,9-10,17H2,(H,25,29). The van der Waals surface area contributed by atoms with E-state index in [1.807, 2.05) is 47.0 Å². The average Bonchev–Trinajstić information content (AvgIpc) is 3.19. The van der Waals surface area contributed by atoms with Crippen molar-refractivity contribution in [3.05, 3.63) is 54.9 Å². The molecule has 1 saturated carbocycles. The molecule has 156 valence electrons. The number of benzene rings is 1. The summed E-state index contributed by atoms with van der Waals surface area (Å²) in [5.74, 6) is 1.14. The Bertz CT molecular complexity index is 937. The molecular weight excluding hydrogens is 394 g/mol. The summed E-state index contributed by atoms with van der Waals surface area (Å²) in [6.07, 6.45) is 11.9. The van der Waals surface area contributed by atoms with Crippen LogP contribution in [0, 0.1) is 0 Å². The predicted octanol–water partition coefficient (Wildman–Crippen LogP) is 4.65. The van der Waals surface area contributed by atoms with Crippen LogP contribution in [0.25, 0.3) is 17.1 Å². The number of aromatic nitrogens is 4. The summed E-state index contributed by atoms with van der Waals surface area (Å²) in [4.78, 5) is 16.7. The Hall–Kier alpha value is -2.67. The lowest BCUT2D eigenvalue weighted by Gasteiger charge is -2.20. The predicted molar refractivity (Wildman–Crippen MR) is 120 cm³/mol. The number of hydrogen-bond acceptors (Lipinski definition) is 5. The second-order valence-electron chi connectivity index (χ2n) is 7.61. The summed E-state index contributed by atoms with van der Waals surface area (Å²) in [7, 11) is 0. The van der Waals surface area contributed by atoms with Crippen LogP contribution in [0.2, 0.25) is 0 Å². The van der Waals surface area contributed by atoms with Gasteiger partial charge in [0.25, 0.3) is 0 Å². The van der Waals surface area contributed by atoms with Gasteiger partial charge in [-0.2, -0.15) is 0 Å². The summed E-state index contributed by atoms with van der Waals surface area (Å²) in [6, 6.07) is 14.1. The topological polar surface area (TPSA) is 72.7 Å². The first-order valence-electron chi connectivity index (χ1n) is 10.6. The van der Waals surface area contributed by atoms with Crippen LogP contribution in [-0.2, 0) is 4.79 Å². The van der Waals surface area contributed by atoms with Gasteiger partial charge in [-0.3, -0.25) is 14.3 Å². The van der Waals surface area contributed by atoms with Crippen LogP contribution < -0.4 is 5.32 Å². The Morgan fingerprint density at radius 2 is 1.67 bits per heavy atom. The molecule has 30 heavy (non-hydrogen) atoms. The quantitative estimate of drug-likeness (QED) is 0.587. The van der Waals surface area contributed by atoms with Crippen molar-refractivity contribution < 1.29 is 4.79 Å². The van der Waals surface area contributed by atoms with E-state index in [1.54, 1.807) is 12.4 Å². The molecule has 1 aliphatic carbocycles. The number of nitrogens with zero attached hydrogens (tertiary/aromatic N) is 4. The van der Waals surface area contributed by atoms with Crippen LogP contribution in [0.15, 0.2) is 60.0 Å². The summed E-state index contributed by atoms with van der Waals surface area (Å²) in [5.41, 5.74) is 1.91. The molecule has 3 aromatic rings. The summed E-state index contributed by atoms with van der Waals surface area (Å²) in [5, 5.41) is 12.7. The van der Waals surface area contributed by atoms with E-state index in [0.29, 0.717) is 17.0 Å². The van der Waals surface area contributed by atoms with Crippen molar-refractivity contribution in [2.45, 2.75) is 56.1 Å².